The SMILES string of the molecule is CS(=O)c1ccc(C(CCN2CCC(CCN)CC2)c2cc(F)cc(F)c2)cc1. The second kappa shape index (κ2) is 10.4. The minimum absolute atomic E-state index is 0.110. The molecule has 3 rings (SSSR count). The van der Waals surface area contributed by atoms with Crippen molar-refractivity contribution in [2.24, 2.45) is 11.7 Å². The molecule has 2 unspecified atom stereocenters. The summed E-state index contributed by atoms with van der Waals surface area (Å²) in [5.74, 6) is -0.508. The maximum Gasteiger partial charge on any atom is 0.126 e. The van der Waals surface area contributed by atoms with Crippen LogP contribution in [0.3, 0.4) is 0 Å². The van der Waals surface area contributed by atoms with Crippen molar-refractivity contribution in [1.29, 1.82) is 0 Å². The molecule has 1 aliphatic heterocycles. The van der Waals surface area contributed by atoms with Crippen LogP contribution in [0, 0.1) is 17.6 Å². The largest absolute Gasteiger partial charge is 0.330 e. The Labute approximate surface area is 174 Å². The number of piperidine rings is 1. The smallest absolute Gasteiger partial charge is 0.126 e. The molecule has 0 bridgehead atoms. The van der Waals surface area contributed by atoms with Crippen molar-refractivity contribution in [3.05, 3.63) is 65.2 Å². The monoisotopic (exact) mass is 420 g/mol. The van der Waals surface area contributed by atoms with Crippen LogP contribution in [0.25, 0.3) is 0 Å². The average molecular weight is 421 g/mol. The Kier molecular flexibility index (Phi) is 7.92. The van der Waals surface area contributed by atoms with Gasteiger partial charge in [-0.25, -0.2) is 8.78 Å². The summed E-state index contributed by atoms with van der Waals surface area (Å²) in [6.07, 6.45) is 5.83. The van der Waals surface area contributed by atoms with Crippen LogP contribution in [-0.2, 0) is 10.8 Å². The first kappa shape index (κ1) is 22.1. The van der Waals surface area contributed by atoms with Gasteiger partial charge in [-0.15, -0.1) is 0 Å². The molecule has 0 radical (unpaired) electrons. The van der Waals surface area contributed by atoms with Crippen LogP contribution in [0.5, 0.6) is 0 Å². The normalized spacial score (nSPS) is 17.9. The minimum Gasteiger partial charge on any atom is -0.330 e. The van der Waals surface area contributed by atoms with E-state index in [1.165, 1.54) is 12.1 Å². The Morgan fingerprint density at radius 1 is 1.07 bits per heavy atom. The molecule has 2 aromatic carbocycles. The third kappa shape index (κ3) is 6.17. The maximum atomic E-state index is 13.9. The van der Waals surface area contributed by atoms with Gasteiger partial charge in [0.1, 0.15) is 11.6 Å². The molecule has 3 nitrogen and oxygen atoms in total. The van der Waals surface area contributed by atoms with E-state index in [2.05, 4.69) is 4.90 Å². The summed E-state index contributed by atoms with van der Waals surface area (Å²) in [6, 6.07) is 11.3. The second-order valence-corrected chi connectivity index (χ2v) is 9.31. The number of benzene rings is 2. The molecule has 0 amide bonds. The first-order chi connectivity index (χ1) is 14.0. The molecule has 1 fully saturated rings. The average Bonchev–Trinajstić information content (AvgIpc) is 2.69. The molecule has 1 saturated heterocycles. The van der Waals surface area contributed by atoms with E-state index in [0.29, 0.717) is 11.5 Å². The van der Waals surface area contributed by atoms with Crippen molar-refractivity contribution >= 4 is 10.8 Å². The van der Waals surface area contributed by atoms with Gasteiger partial charge in [-0.2, -0.15) is 0 Å². The summed E-state index contributed by atoms with van der Waals surface area (Å²) in [5, 5.41) is 0. The molecule has 2 aromatic rings. The topological polar surface area (TPSA) is 46.3 Å². The first-order valence-corrected chi connectivity index (χ1v) is 11.8. The summed E-state index contributed by atoms with van der Waals surface area (Å²) in [7, 11) is -1.05. The second-order valence-electron chi connectivity index (χ2n) is 7.93. The lowest BCUT2D eigenvalue weighted by molar-refractivity contribution is 0.177. The van der Waals surface area contributed by atoms with Crippen LogP contribution in [0.1, 0.15) is 42.7 Å². The quantitative estimate of drug-likeness (QED) is 0.693. The predicted molar refractivity (Wildman–Crippen MR) is 114 cm³/mol. The zero-order valence-electron chi connectivity index (χ0n) is 16.9. The lowest BCUT2D eigenvalue weighted by atomic mass is 9.87. The van der Waals surface area contributed by atoms with Gasteiger partial charge >= 0.3 is 0 Å². The molecule has 0 saturated carbocycles. The van der Waals surface area contributed by atoms with E-state index in [1.807, 2.05) is 24.3 Å². The Morgan fingerprint density at radius 3 is 2.24 bits per heavy atom. The molecular weight excluding hydrogens is 390 g/mol. The van der Waals surface area contributed by atoms with Gasteiger partial charge in [0.05, 0.1) is 0 Å². The minimum atomic E-state index is -1.05. The molecule has 0 aliphatic carbocycles. The number of hydrogen-bond acceptors (Lipinski definition) is 3. The molecule has 2 atom stereocenters. The van der Waals surface area contributed by atoms with Crippen LogP contribution >= 0.6 is 0 Å². The summed E-state index contributed by atoms with van der Waals surface area (Å²) in [4.78, 5) is 3.19. The fraction of sp³-hybridized carbons (Fsp3) is 0.478. The molecule has 158 valence electrons. The van der Waals surface area contributed by atoms with Gasteiger partial charge in [0.25, 0.3) is 0 Å². The molecule has 1 aliphatic rings. The highest BCUT2D eigenvalue weighted by atomic mass is 32.2. The van der Waals surface area contributed by atoms with Gasteiger partial charge in [-0.1, -0.05) is 12.1 Å². The summed E-state index contributed by atoms with van der Waals surface area (Å²) in [5.41, 5.74) is 7.31. The molecule has 2 N–H and O–H groups in total. The van der Waals surface area contributed by atoms with E-state index in [4.69, 9.17) is 5.73 Å². The van der Waals surface area contributed by atoms with E-state index >= 15 is 0 Å². The fourth-order valence-electron chi connectivity index (χ4n) is 4.24. The summed E-state index contributed by atoms with van der Waals surface area (Å²) < 4.78 is 39.5. The van der Waals surface area contributed by atoms with Gasteiger partial charge < -0.3 is 10.6 Å². The van der Waals surface area contributed by atoms with Crippen LogP contribution in [0.15, 0.2) is 47.4 Å². The molecule has 6 heteroatoms. The number of halogens is 2. The molecule has 1 heterocycles. The van der Waals surface area contributed by atoms with Crippen LogP contribution in [0.4, 0.5) is 8.78 Å². The predicted octanol–water partition coefficient (Wildman–Crippen LogP) is 4.29. The first-order valence-electron chi connectivity index (χ1n) is 10.3. The maximum absolute atomic E-state index is 13.9. The van der Waals surface area contributed by atoms with Crippen molar-refractivity contribution in [1.82, 2.24) is 4.90 Å². The Hall–Kier alpha value is -1.63. The van der Waals surface area contributed by atoms with Gasteiger partial charge in [-0.3, -0.25) is 4.21 Å². The molecule has 29 heavy (non-hydrogen) atoms. The van der Waals surface area contributed by atoms with Crippen molar-refractivity contribution in [3.63, 3.8) is 0 Å². The molecule has 0 aromatic heterocycles. The van der Waals surface area contributed by atoms with E-state index < -0.39 is 22.4 Å². The fourth-order valence-corrected chi connectivity index (χ4v) is 4.76. The van der Waals surface area contributed by atoms with Crippen LogP contribution < -0.4 is 5.73 Å². The van der Waals surface area contributed by atoms with E-state index in [-0.39, 0.29) is 5.92 Å². The highest BCUT2D eigenvalue weighted by Crippen LogP contribution is 2.31. The van der Waals surface area contributed by atoms with E-state index in [0.717, 1.165) is 68.4 Å². The highest BCUT2D eigenvalue weighted by molar-refractivity contribution is 7.84. The van der Waals surface area contributed by atoms with Gasteiger partial charge in [0.15, 0.2) is 0 Å². The van der Waals surface area contributed by atoms with E-state index in [9.17, 15) is 13.0 Å². The molecule has 0 spiro atoms. The Bertz CT molecular complexity index is 800. The summed E-state index contributed by atoms with van der Waals surface area (Å²) in [6.45, 7) is 3.71. The van der Waals surface area contributed by atoms with Crippen molar-refractivity contribution in [2.45, 2.75) is 36.5 Å². The Balaban J connectivity index is 1.75. The van der Waals surface area contributed by atoms with Crippen molar-refractivity contribution in [3.8, 4) is 0 Å². The van der Waals surface area contributed by atoms with Crippen LogP contribution in [-0.4, -0.2) is 41.5 Å². The highest BCUT2D eigenvalue weighted by Gasteiger charge is 2.22. The lowest BCUT2D eigenvalue weighted by Gasteiger charge is -2.33. The van der Waals surface area contributed by atoms with Gasteiger partial charge in [0.2, 0.25) is 0 Å². The van der Waals surface area contributed by atoms with E-state index in [1.54, 1.807) is 6.26 Å². The lowest BCUT2D eigenvalue weighted by Crippen LogP contribution is -2.35. The van der Waals surface area contributed by atoms with Gasteiger partial charge in [-0.05, 0) is 93.2 Å². The number of nitrogens with zero attached hydrogens (tertiary/aromatic N) is 1. The molecular formula is C23H30F2N2OS. The van der Waals surface area contributed by atoms with Gasteiger partial charge in [0, 0.05) is 33.9 Å². The zero-order chi connectivity index (χ0) is 20.8. The Morgan fingerprint density at radius 2 is 1.69 bits per heavy atom. The number of rotatable bonds is 8. The standard InChI is InChI=1S/C23H30F2N2OS/c1-29(28)22-4-2-18(3-5-22)23(19-14-20(24)16-21(25)15-19)9-13-27-11-7-17(6-10-26)8-12-27/h2-5,14-17,23H,6-13,26H2,1H3. The number of hydrogen-bond donors (Lipinski definition) is 1. The third-order valence-electron chi connectivity index (χ3n) is 5.92. The zero-order valence-corrected chi connectivity index (χ0v) is 17.8. The van der Waals surface area contributed by atoms with Crippen molar-refractivity contribution in [2.75, 3.05) is 32.4 Å². The van der Waals surface area contributed by atoms with Crippen LogP contribution in [0.2, 0.25) is 0 Å². The number of likely N-dealkylation sites (tertiary alicyclic amines) is 1. The number of nitrogens with two attached hydrogens (primary N) is 1. The van der Waals surface area contributed by atoms with Crippen molar-refractivity contribution < 1.29 is 13.0 Å². The third-order valence-corrected chi connectivity index (χ3v) is 6.85. The summed E-state index contributed by atoms with van der Waals surface area (Å²) >= 11 is 0.